The van der Waals surface area contributed by atoms with Gasteiger partial charge in [0.1, 0.15) is 28.5 Å². The number of pyridine rings is 1. The first kappa shape index (κ1) is 39.2. The van der Waals surface area contributed by atoms with Gasteiger partial charge in [-0.1, -0.05) is 77.8 Å². The van der Waals surface area contributed by atoms with Gasteiger partial charge >= 0.3 is 11.6 Å². The van der Waals surface area contributed by atoms with Crippen molar-refractivity contribution in [3.63, 3.8) is 0 Å². The van der Waals surface area contributed by atoms with Crippen molar-refractivity contribution in [3.8, 4) is 0 Å². The van der Waals surface area contributed by atoms with Crippen molar-refractivity contribution in [2.24, 2.45) is 0 Å². The van der Waals surface area contributed by atoms with Gasteiger partial charge < -0.3 is 14.2 Å². The van der Waals surface area contributed by atoms with Gasteiger partial charge in [0, 0.05) is 41.5 Å². The van der Waals surface area contributed by atoms with Crippen LogP contribution in [-0.4, -0.2) is 54.2 Å². The lowest BCUT2D eigenvalue weighted by atomic mass is 9.88. The quantitative estimate of drug-likeness (QED) is 0.104. The van der Waals surface area contributed by atoms with Crippen LogP contribution in [0.25, 0.3) is 5.57 Å². The monoisotopic (exact) mass is 792 g/mol. The van der Waals surface area contributed by atoms with Crippen molar-refractivity contribution in [1.29, 1.82) is 0 Å². The highest BCUT2D eigenvalue weighted by atomic mass is 35.5. The van der Waals surface area contributed by atoms with Gasteiger partial charge in [-0.2, -0.15) is 13.2 Å². The van der Waals surface area contributed by atoms with Crippen molar-refractivity contribution in [1.82, 2.24) is 9.88 Å². The fourth-order valence-corrected chi connectivity index (χ4v) is 12.0. The van der Waals surface area contributed by atoms with E-state index in [-0.39, 0.29) is 6.09 Å². The summed E-state index contributed by atoms with van der Waals surface area (Å²) in [5.74, 6) is 0. The minimum atomic E-state index is -6.09. The third-order valence-corrected chi connectivity index (χ3v) is 14.7. The molecule has 4 aromatic carbocycles. The predicted molar refractivity (Wildman–Crippen MR) is 207 cm³/mol. The first-order valence-electron chi connectivity index (χ1n) is 17.4. The van der Waals surface area contributed by atoms with Gasteiger partial charge in [-0.3, -0.25) is 4.98 Å². The van der Waals surface area contributed by atoms with Crippen molar-refractivity contribution >= 4 is 61.9 Å². The van der Waals surface area contributed by atoms with Gasteiger partial charge in [0.15, 0.2) is 10.1 Å². The second kappa shape index (κ2) is 16.4. The number of amides is 1. The Balaban J connectivity index is 0.000000561. The van der Waals surface area contributed by atoms with Crippen molar-refractivity contribution < 1.29 is 35.7 Å². The highest BCUT2D eigenvalue weighted by Crippen LogP contribution is 2.56. The Morgan fingerprint density at radius 1 is 0.833 bits per heavy atom. The van der Waals surface area contributed by atoms with Gasteiger partial charge in [0.25, 0.3) is 0 Å². The Hall–Kier alpha value is -4.54. The van der Waals surface area contributed by atoms with Crippen LogP contribution in [0.15, 0.2) is 127 Å². The molecule has 7 nitrogen and oxygen atoms in total. The van der Waals surface area contributed by atoms with Crippen LogP contribution in [0, 0.1) is 0 Å². The van der Waals surface area contributed by atoms with Crippen LogP contribution in [0.1, 0.15) is 42.1 Å². The molecule has 280 valence electrons. The van der Waals surface area contributed by atoms with Crippen LogP contribution in [0.4, 0.5) is 18.0 Å². The zero-order chi connectivity index (χ0) is 38.5. The molecule has 0 saturated carbocycles. The molecular formula is C41H37ClF3N2O5PS. The van der Waals surface area contributed by atoms with Gasteiger partial charge in [0.2, 0.25) is 0 Å². The maximum absolute atomic E-state index is 12.6. The van der Waals surface area contributed by atoms with E-state index in [4.69, 9.17) is 34.3 Å². The topological polar surface area (TPSA) is 99.6 Å². The van der Waals surface area contributed by atoms with Crippen LogP contribution in [0.2, 0.25) is 5.02 Å². The number of likely N-dealkylation sites (tertiary alicyclic amines) is 1. The number of alkyl halides is 3. The molecule has 13 heteroatoms. The molecule has 1 fully saturated rings. The SMILES string of the molecule is CCOC(=O)N1CCC(=C2c3ccc(Cl)cc3CCc3c([P+](c4ccccc4)(c4ccccc4)c4ccccc4)ccnc32)CC1.O=S(=O)([O-])C(F)(F)F. The molecule has 1 aliphatic carbocycles. The van der Waals surface area contributed by atoms with E-state index in [1.807, 2.05) is 24.1 Å². The smallest absolute Gasteiger partial charge is 0.485 e. The van der Waals surface area contributed by atoms with Gasteiger partial charge in [0.05, 0.1) is 12.3 Å². The zero-order valence-electron chi connectivity index (χ0n) is 29.3. The molecule has 0 unspecified atom stereocenters. The number of carbonyl (C=O) groups is 1. The molecule has 1 amide bonds. The fourth-order valence-electron chi connectivity index (χ4n) is 7.26. The molecule has 2 heterocycles. The molecule has 0 radical (unpaired) electrons. The van der Waals surface area contributed by atoms with E-state index in [0.717, 1.165) is 36.4 Å². The van der Waals surface area contributed by atoms with Crippen molar-refractivity contribution in [3.05, 3.63) is 154 Å². The zero-order valence-corrected chi connectivity index (χ0v) is 31.8. The number of ether oxygens (including phenoxy) is 1. The molecule has 1 aromatic heterocycles. The van der Waals surface area contributed by atoms with Gasteiger partial charge in [-0.05, 0) is 92.3 Å². The Kier molecular flexibility index (Phi) is 11.9. The number of hydrogen-bond acceptors (Lipinski definition) is 6. The lowest BCUT2D eigenvalue weighted by molar-refractivity contribution is -0.0517. The lowest BCUT2D eigenvalue weighted by Crippen LogP contribution is -2.40. The van der Waals surface area contributed by atoms with Crippen LogP contribution < -0.4 is 21.2 Å². The number of halogens is 4. The summed E-state index contributed by atoms with van der Waals surface area (Å²) in [5, 5.41) is 6.06. The number of nitrogens with zero attached hydrogens (tertiary/aromatic N) is 2. The van der Waals surface area contributed by atoms with Crippen LogP contribution in [-0.2, 0) is 27.7 Å². The number of aromatic nitrogens is 1. The average Bonchev–Trinajstić information content (AvgIpc) is 3.33. The molecule has 7 rings (SSSR count). The molecule has 2 aliphatic rings. The third kappa shape index (κ3) is 7.96. The van der Waals surface area contributed by atoms with Crippen LogP contribution in [0.5, 0.6) is 0 Å². The second-order valence-corrected chi connectivity index (χ2v) is 17.9. The summed E-state index contributed by atoms with van der Waals surface area (Å²) >= 11 is 6.62. The lowest BCUT2D eigenvalue weighted by Gasteiger charge is -2.31. The number of fused-ring (bicyclic) bond motifs is 2. The minimum absolute atomic E-state index is 0.233. The molecule has 1 aliphatic heterocycles. The average molecular weight is 793 g/mol. The highest BCUT2D eigenvalue weighted by Gasteiger charge is 2.50. The Morgan fingerprint density at radius 3 is 1.83 bits per heavy atom. The molecule has 5 aromatic rings. The summed E-state index contributed by atoms with van der Waals surface area (Å²) in [6.45, 7) is 3.49. The van der Waals surface area contributed by atoms with E-state index >= 15 is 0 Å². The summed E-state index contributed by atoms with van der Waals surface area (Å²) in [6, 6.07) is 41.7. The third-order valence-electron chi connectivity index (χ3n) is 9.57. The molecule has 0 bridgehead atoms. The summed E-state index contributed by atoms with van der Waals surface area (Å²) in [7, 11) is -8.44. The Morgan fingerprint density at radius 2 is 1.35 bits per heavy atom. The number of piperidine rings is 1. The minimum Gasteiger partial charge on any atom is -0.741 e. The van der Waals surface area contributed by atoms with E-state index in [2.05, 4.69) is 109 Å². The first-order chi connectivity index (χ1) is 25.9. The molecular weight excluding hydrogens is 756 g/mol. The van der Waals surface area contributed by atoms with E-state index in [1.165, 1.54) is 49.1 Å². The van der Waals surface area contributed by atoms with Gasteiger partial charge in [-0.15, -0.1) is 0 Å². The Bertz CT molecular complexity index is 2150. The molecule has 54 heavy (non-hydrogen) atoms. The number of aryl methyl sites for hydroxylation is 1. The fraction of sp³-hybridized carbons (Fsp3) is 0.220. The van der Waals surface area contributed by atoms with E-state index in [9.17, 15) is 18.0 Å². The van der Waals surface area contributed by atoms with E-state index in [1.54, 1.807) is 0 Å². The molecule has 0 spiro atoms. The Labute approximate surface area is 318 Å². The van der Waals surface area contributed by atoms with Crippen LogP contribution >= 0.6 is 18.9 Å². The van der Waals surface area contributed by atoms with Crippen LogP contribution in [0.3, 0.4) is 0 Å². The second-order valence-electron chi connectivity index (χ2n) is 12.7. The van der Waals surface area contributed by atoms with Crippen molar-refractivity contribution in [2.45, 2.75) is 38.1 Å². The largest absolute Gasteiger partial charge is 0.741 e. The predicted octanol–water partition coefficient (Wildman–Crippen LogP) is 7.56. The maximum atomic E-state index is 12.6. The number of carbonyl (C=O) groups excluding carboxylic acids is 1. The summed E-state index contributed by atoms with van der Waals surface area (Å²) in [4.78, 5) is 19.6. The standard InChI is InChI=1S/C40H37ClN2O2P.CHF3O3S/c1-2-45-40(44)43-26-23-29(24-27-43)38-35-21-19-31(41)28-30(35)18-20-36-37(22-25-42-39(36)38)46(32-12-6-3-7-13-32,33-14-8-4-9-15-33)34-16-10-5-11-17-34;2-1(3,4)8(5,6)7/h3-17,19,21-22,25,28H,2,18,20,23-24,26-27H2,1H3;(H,5,6,7)/q+1;/p-1. The summed E-state index contributed by atoms with van der Waals surface area (Å²) in [5.41, 5.74) is 1.70. The normalized spacial score (nSPS) is 14.6. The number of rotatable bonds is 5. The maximum Gasteiger partial charge on any atom is 0.485 e. The summed E-state index contributed by atoms with van der Waals surface area (Å²) in [6.07, 6.45) is 5.06. The van der Waals surface area contributed by atoms with Crippen molar-refractivity contribution in [2.75, 3.05) is 19.7 Å². The number of benzene rings is 4. The number of hydrogen-bond donors (Lipinski definition) is 0. The van der Waals surface area contributed by atoms with E-state index < -0.39 is 22.9 Å². The summed E-state index contributed by atoms with van der Waals surface area (Å²) < 4.78 is 64.2. The first-order valence-corrected chi connectivity index (χ1v) is 20.9. The van der Waals surface area contributed by atoms with E-state index in [0.29, 0.717) is 19.7 Å². The highest BCUT2D eigenvalue weighted by molar-refractivity contribution is 8.01. The molecule has 0 atom stereocenters. The van der Waals surface area contributed by atoms with Gasteiger partial charge in [-0.25, -0.2) is 13.2 Å². The molecule has 0 N–H and O–H groups in total. The molecule has 1 saturated heterocycles.